The fraction of sp³-hybridized carbons (Fsp3) is 0. The van der Waals surface area contributed by atoms with Crippen LogP contribution >= 0.6 is 15.9 Å². The van der Waals surface area contributed by atoms with E-state index >= 15 is 0 Å². The highest BCUT2D eigenvalue weighted by Crippen LogP contribution is 2.13. The fourth-order valence-corrected chi connectivity index (χ4v) is 1.38. The molecule has 0 aliphatic rings. The predicted molar refractivity (Wildman–Crippen MR) is 49.0 cm³/mol. The van der Waals surface area contributed by atoms with Crippen molar-refractivity contribution in [3.8, 4) is 5.69 Å². The third-order valence-corrected chi connectivity index (χ3v) is 2.15. The van der Waals surface area contributed by atoms with E-state index in [9.17, 15) is 4.39 Å². The van der Waals surface area contributed by atoms with Crippen molar-refractivity contribution >= 4 is 15.9 Å². The summed E-state index contributed by atoms with van der Waals surface area (Å²) < 4.78 is 14.9. The normalized spacial score (nSPS) is 10.3. The minimum atomic E-state index is -0.257. The Balaban J connectivity index is 2.47. The SMILES string of the molecule is Fc1ccc(-n2cnnc2Br)cc1. The molecule has 0 saturated heterocycles. The molecular weight excluding hydrogens is 237 g/mol. The van der Waals surface area contributed by atoms with Crippen molar-refractivity contribution in [3.63, 3.8) is 0 Å². The molecule has 0 spiro atoms. The van der Waals surface area contributed by atoms with E-state index in [2.05, 4.69) is 26.1 Å². The lowest BCUT2D eigenvalue weighted by molar-refractivity contribution is 0.627. The van der Waals surface area contributed by atoms with Gasteiger partial charge >= 0.3 is 0 Å². The molecule has 1 heterocycles. The molecule has 0 atom stereocenters. The summed E-state index contributed by atoms with van der Waals surface area (Å²) in [5.74, 6) is -0.257. The zero-order chi connectivity index (χ0) is 9.26. The molecule has 1 aromatic carbocycles. The van der Waals surface area contributed by atoms with Crippen LogP contribution in [0, 0.1) is 5.82 Å². The van der Waals surface area contributed by atoms with Gasteiger partial charge in [0.05, 0.1) is 0 Å². The number of rotatable bonds is 1. The van der Waals surface area contributed by atoms with Gasteiger partial charge in [-0.2, -0.15) is 0 Å². The van der Waals surface area contributed by atoms with Gasteiger partial charge in [-0.3, -0.25) is 4.57 Å². The standard InChI is InChI=1S/C8H5BrFN3/c9-8-12-11-5-13(8)7-3-1-6(10)2-4-7/h1-5H. The second kappa shape index (κ2) is 3.26. The molecule has 2 rings (SSSR count). The maximum absolute atomic E-state index is 12.6. The van der Waals surface area contributed by atoms with E-state index in [1.807, 2.05) is 0 Å². The molecule has 66 valence electrons. The van der Waals surface area contributed by atoms with Gasteiger partial charge in [0.15, 0.2) is 0 Å². The molecule has 0 aliphatic carbocycles. The molecule has 0 amide bonds. The monoisotopic (exact) mass is 241 g/mol. The van der Waals surface area contributed by atoms with Crippen molar-refractivity contribution in [2.75, 3.05) is 0 Å². The molecular formula is C8H5BrFN3. The minimum absolute atomic E-state index is 0.257. The summed E-state index contributed by atoms with van der Waals surface area (Å²) in [6.07, 6.45) is 1.55. The number of benzene rings is 1. The summed E-state index contributed by atoms with van der Waals surface area (Å²) in [6.45, 7) is 0. The van der Waals surface area contributed by atoms with Crippen LogP contribution < -0.4 is 0 Å². The van der Waals surface area contributed by atoms with E-state index in [4.69, 9.17) is 0 Å². The quantitative estimate of drug-likeness (QED) is 0.767. The van der Waals surface area contributed by atoms with Crippen LogP contribution in [0.2, 0.25) is 0 Å². The number of aromatic nitrogens is 3. The average Bonchev–Trinajstić information content (AvgIpc) is 2.53. The highest BCUT2D eigenvalue weighted by Gasteiger charge is 2.01. The molecule has 0 unspecified atom stereocenters. The molecule has 0 aliphatic heterocycles. The summed E-state index contributed by atoms with van der Waals surface area (Å²) in [5, 5.41) is 7.44. The maximum Gasteiger partial charge on any atom is 0.204 e. The van der Waals surface area contributed by atoms with E-state index in [1.54, 1.807) is 23.0 Å². The maximum atomic E-state index is 12.6. The lowest BCUT2D eigenvalue weighted by Crippen LogP contribution is -1.92. The van der Waals surface area contributed by atoms with E-state index in [0.717, 1.165) is 5.69 Å². The third kappa shape index (κ3) is 1.60. The minimum Gasteiger partial charge on any atom is -0.276 e. The molecule has 5 heteroatoms. The van der Waals surface area contributed by atoms with Crippen LogP contribution in [-0.4, -0.2) is 14.8 Å². The highest BCUT2D eigenvalue weighted by atomic mass is 79.9. The van der Waals surface area contributed by atoms with Crippen LogP contribution in [0.5, 0.6) is 0 Å². The van der Waals surface area contributed by atoms with Crippen molar-refractivity contribution in [2.45, 2.75) is 0 Å². The van der Waals surface area contributed by atoms with E-state index in [0.29, 0.717) is 4.73 Å². The molecule has 3 nitrogen and oxygen atoms in total. The highest BCUT2D eigenvalue weighted by molar-refractivity contribution is 9.10. The molecule has 0 bridgehead atoms. The van der Waals surface area contributed by atoms with Gasteiger partial charge < -0.3 is 0 Å². The van der Waals surface area contributed by atoms with Gasteiger partial charge in [0.25, 0.3) is 0 Å². The number of hydrogen-bond acceptors (Lipinski definition) is 2. The van der Waals surface area contributed by atoms with Gasteiger partial charge in [-0.15, -0.1) is 10.2 Å². The molecule has 0 fully saturated rings. The van der Waals surface area contributed by atoms with Gasteiger partial charge in [-0.1, -0.05) is 0 Å². The van der Waals surface area contributed by atoms with Crippen LogP contribution in [0.4, 0.5) is 4.39 Å². The van der Waals surface area contributed by atoms with Crippen molar-refractivity contribution < 1.29 is 4.39 Å². The lowest BCUT2D eigenvalue weighted by atomic mass is 10.3. The Labute approximate surface area is 82.3 Å². The molecule has 1 aromatic heterocycles. The Morgan fingerprint density at radius 3 is 2.46 bits per heavy atom. The number of nitrogens with zero attached hydrogens (tertiary/aromatic N) is 3. The van der Waals surface area contributed by atoms with Crippen molar-refractivity contribution in [3.05, 3.63) is 41.1 Å². The van der Waals surface area contributed by atoms with Gasteiger partial charge in [0.2, 0.25) is 4.73 Å². The Morgan fingerprint density at radius 1 is 1.23 bits per heavy atom. The average molecular weight is 242 g/mol. The Hall–Kier alpha value is -1.23. The summed E-state index contributed by atoms with van der Waals surface area (Å²) in [6, 6.07) is 6.09. The largest absolute Gasteiger partial charge is 0.276 e. The summed E-state index contributed by atoms with van der Waals surface area (Å²) in [7, 11) is 0. The van der Waals surface area contributed by atoms with Crippen LogP contribution in [0.1, 0.15) is 0 Å². The van der Waals surface area contributed by atoms with Crippen LogP contribution in [0.15, 0.2) is 35.3 Å². The van der Waals surface area contributed by atoms with E-state index in [1.165, 1.54) is 12.1 Å². The molecule has 0 N–H and O–H groups in total. The second-order valence-electron chi connectivity index (χ2n) is 2.45. The van der Waals surface area contributed by atoms with Crippen LogP contribution in [0.3, 0.4) is 0 Å². The topological polar surface area (TPSA) is 30.7 Å². The summed E-state index contributed by atoms with van der Waals surface area (Å²) >= 11 is 3.22. The predicted octanol–water partition coefficient (Wildman–Crippen LogP) is 2.17. The zero-order valence-corrected chi connectivity index (χ0v) is 8.07. The van der Waals surface area contributed by atoms with E-state index < -0.39 is 0 Å². The first-order valence-corrected chi connectivity index (χ1v) is 4.38. The van der Waals surface area contributed by atoms with Crippen molar-refractivity contribution in [2.24, 2.45) is 0 Å². The smallest absolute Gasteiger partial charge is 0.204 e. The summed E-state index contributed by atoms with van der Waals surface area (Å²) in [5.41, 5.74) is 0.818. The van der Waals surface area contributed by atoms with Crippen molar-refractivity contribution in [1.29, 1.82) is 0 Å². The van der Waals surface area contributed by atoms with Gasteiger partial charge in [-0.25, -0.2) is 4.39 Å². The number of hydrogen-bond donors (Lipinski definition) is 0. The fourth-order valence-electron chi connectivity index (χ4n) is 0.996. The molecule has 13 heavy (non-hydrogen) atoms. The second-order valence-corrected chi connectivity index (χ2v) is 3.16. The summed E-state index contributed by atoms with van der Waals surface area (Å²) in [4.78, 5) is 0. The van der Waals surface area contributed by atoms with E-state index in [-0.39, 0.29) is 5.82 Å². The lowest BCUT2D eigenvalue weighted by Gasteiger charge is -2.00. The Bertz CT molecular complexity index is 410. The first kappa shape index (κ1) is 8.37. The van der Waals surface area contributed by atoms with Gasteiger partial charge in [0, 0.05) is 5.69 Å². The van der Waals surface area contributed by atoms with Crippen molar-refractivity contribution in [1.82, 2.24) is 14.8 Å². The Kier molecular flexibility index (Phi) is 2.10. The Morgan fingerprint density at radius 2 is 1.92 bits per heavy atom. The zero-order valence-electron chi connectivity index (χ0n) is 6.48. The molecule has 0 radical (unpaired) electrons. The first-order chi connectivity index (χ1) is 6.27. The van der Waals surface area contributed by atoms with Gasteiger partial charge in [0.1, 0.15) is 12.1 Å². The van der Waals surface area contributed by atoms with Gasteiger partial charge in [-0.05, 0) is 40.2 Å². The number of halogens is 2. The molecule has 2 aromatic rings. The molecule has 0 saturated carbocycles. The third-order valence-electron chi connectivity index (χ3n) is 1.61. The van der Waals surface area contributed by atoms with Crippen LogP contribution in [-0.2, 0) is 0 Å². The van der Waals surface area contributed by atoms with Crippen LogP contribution in [0.25, 0.3) is 5.69 Å². The first-order valence-electron chi connectivity index (χ1n) is 3.59.